The second-order valence-corrected chi connectivity index (χ2v) is 12.6. The third-order valence-corrected chi connectivity index (χ3v) is 9.50. The number of allylic oxidation sites excluding steroid dienone is 1. The lowest BCUT2D eigenvalue weighted by atomic mass is 9.97. The average molecular weight is 673 g/mol. The second-order valence-electron chi connectivity index (χ2n) is 12.6. The van der Waals surface area contributed by atoms with Crippen molar-refractivity contribution >= 4 is 46.1 Å². The smallest absolute Gasteiger partial charge is 0.246 e. The molecule has 0 amide bonds. The fourth-order valence-corrected chi connectivity index (χ4v) is 7.14. The number of nitrogens with one attached hydrogen (secondary N) is 2. The van der Waals surface area contributed by atoms with Crippen LogP contribution in [0.25, 0.3) is 84.8 Å². The van der Waals surface area contributed by atoms with Crippen LogP contribution < -0.4 is 0 Å². The SMILES string of the molecule is COC1=Cc2nc(c(-c3ccccc3)c3ccc([nH]3)c(-c3ccccc3)c3nc(c(-c4ccccc4)c4ccc([nH]4)c2-c2ccccc2)C=C3)C1=O. The van der Waals surface area contributed by atoms with Crippen molar-refractivity contribution in [2.24, 2.45) is 0 Å². The van der Waals surface area contributed by atoms with Gasteiger partial charge in [0.2, 0.25) is 5.78 Å². The average Bonchev–Trinajstić information content (AvgIpc) is 3.98. The van der Waals surface area contributed by atoms with Gasteiger partial charge in [-0.25, -0.2) is 9.97 Å². The Morgan fingerprint density at radius 2 is 0.808 bits per heavy atom. The molecule has 4 aromatic carbocycles. The van der Waals surface area contributed by atoms with Crippen molar-refractivity contribution in [3.63, 3.8) is 0 Å². The highest BCUT2D eigenvalue weighted by molar-refractivity contribution is 6.16. The Labute approximate surface area is 300 Å². The van der Waals surface area contributed by atoms with Gasteiger partial charge in [0.05, 0.1) is 24.2 Å². The van der Waals surface area contributed by atoms with Crippen molar-refractivity contribution in [3.05, 3.63) is 174 Å². The Kier molecular flexibility index (Phi) is 7.75. The standard InChI is InChI=1S/C46H32N4O2/c1-52-40-28-39-43(31-18-10-4-11-19-31)37-25-24-35(48-37)41(29-14-6-2-7-15-29)33-22-23-34(47-33)42(30-16-8-3-9-17-30)36-26-27-38(49-36)44(45(50-39)46(40)51)32-20-12-5-13-21-32/h2-28,48-49H,1H3. The molecule has 0 radical (unpaired) electrons. The van der Waals surface area contributed by atoms with Gasteiger partial charge in [-0.15, -0.1) is 0 Å². The zero-order valence-electron chi connectivity index (χ0n) is 28.3. The maximum absolute atomic E-state index is 14.3. The zero-order chi connectivity index (χ0) is 35.0. The van der Waals surface area contributed by atoms with Crippen molar-refractivity contribution in [2.75, 3.05) is 7.11 Å². The van der Waals surface area contributed by atoms with Crippen molar-refractivity contribution in [1.29, 1.82) is 0 Å². The van der Waals surface area contributed by atoms with Crippen LogP contribution in [0.5, 0.6) is 0 Å². The van der Waals surface area contributed by atoms with E-state index in [-0.39, 0.29) is 17.2 Å². The summed E-state index contributed by atoms with van der Waals surface area (Å²) in [5.74, 6) is -0.0852. The molecular weight excluding hydrogens is 641 g/mol. The Balaban J connectivity index is 1.53. The molecule has 9 rings (SSSR count). The molecule has 248 valence electrons. The molecule has 7 aromatic rings. The fourth-order valence-electron chi connectivity index (χ4n) is 7.14. The Hall–Kier alpha value is -7.05. The number of nitrogens with zero attached hydrogens (tertiary/aromatic N) is 2. The molecule has 0 atom stereocenters. The van der Waals surface area contributed by atoms with Crippen molar-refractivity contribution in [2.45, 2.75) is 0 Å². The van der Waals surface area contributed by atoms with Gasteiger partial charge in [0.15, 0.2) is 5.76 Å². The van der Waals surface area contributed by atoms with E-state index in [1.165, 1.54) is 7.11 Å². The second kappa shape index (κ2) is 13.0. The molecule has 2 N–H and O–H groups in total. The number of Topliss-reactive ketones (excluding diaryl/α,β-unsaturated/α-hetero) is 1. The molecular formula is C46H32N4O2. The van der Waals surface area contributed by atoms with E-state index in [0.717, 1.165) is 72.4 Å². The first-order valence-corrected chi connectivity index (χ1v) is 17.2. The molecule has 6 heteroatoms. The van der Waals surface area contributed by atoms with E-state index in [9.17, 15) is 4.79 Å². The number of methoxy groups -OCH3 is 1. The van der Waals surface area contributed by atoms with E-state index in [1.807, 2.05) is 91.0 Å². The number of hydrogen-bond donors (Lipinski definition) is 2. The van der Waals surface area contributed by atoms with Gasteiger partial charge in [0.1, 0.15) is 5.69 Å². The molecule has 6 nitrogen and oxygen atoms in total. The van der Waals surface area contributed by atoms with Gasteiger partial charge in [0, 0.05) is 50.4 Å². The number of hydrogen-bond acceptors (Lipinski definition) is 4. The summed E-state index contributed by atoms with van der Waals surface area (Å²) in [7, 11) is 1.53. The van der Waals surface area contributed by atoms with Crippen LogP contribution in [-0.4, -0.2) is 32.8 Å². The molecule has 2 aliphatic heterocycles. The minimum absolute atomic E-state index is 0.210. The third-order valence-electron chi connectivity index (χ3n) is 9.50. The Bertz CT molecular complexity index is 2710. The van der Waals surface area contributed by atoms with Crippen LogP contribution in [0.4, 0.5) is 0 Å². The summed E-state index contributed by atoms with van der Waals surface area (Å²) in [5.41, 5.74) is 13.2. The molecule has 0 saturated carbocycles. The van der Waals surface area contributed by atoms with Gasteiger partial charge >= 0.3 is 0 Å². The van der Waals surface area contributed by atoms with E-state index in [2.05, 4.69) is 76.7 Å². The van der Waals surface area contributed by atoms with E-state index in [0.29, 0.717) is 11.3 Å². The molecule has 3 aromatic heterocycles. The topological polar surface area (TPSA) is 83.7 Å². The third kappa shape index (κ3) is 5.43. The summed E-state index contributed by atoms with van der Waals surface area (Å²) in [5, 5.41) is 0. The molecule has 5 heterocycles. The number of H-pyrrole nitrogens is 2. The van der Waals surface area contributed by atoms with Gasteiger partial charge in [-0.2, -0.15) is 0 Å². The van der Waals surface area contributed by atoms with Gasteiger partial charge in [-0.1, -0.05) is 121 Å². The molecule has 0 saturated heterocycles. The van der Waals surface area contributed by atoms with E-state index in [1.54, 1.807) is 6.08 Å². The molecule has 2 aliphatic rings. The number of ketones is 1. The summed E-state index contributed by atoms with van der Waals surface area (Å²) in [6, 6.07) is 48.8. The number of carbonyl (C=O) groups excluding carboxylic acids is 1. The number of carbonyl (C=O) groups is 1. The van der Waals surface area contributed by atoms with Crippen LogP contribution >= 0.6 is 0 Å². The molecule has 0 spiro atoms. The molecule has 0 fully saturated rings. The summed E-state index contributed by atoms with van der Waals surface area (Å²) < 4.78 is 5.80. The molecule has 0 unspecified atom stereocenters. The maximum atomic E-state index is 14.3. The lowest BCUT2D eigenvalue weighted by molar-refractivity contribution is 0.0950. The zero-order valence-corrected chi connectivity index (χ0v) is 28.3. The number of fused-ring (bicyclic) bond motifs is 8. The normalized spacial score (nSPS) is 12.4. The number of aromatic amines is 2. The Morgan fingerprint density at radius 1 is 0.442 bits per heavy atom. The first-order chi connectivity index (χ1) is 25.7. The summed E-state index contributed by atoms with van der Waals surface area (Å²) in [6.45, 7) is 0. The van der Waals surface area contributed by atoms with Crippen molar-refractivity contribution in [3.8, 4) is 44.5 Å². The van der Waals surface area contributed by atoms with Gasteiger partial charge < -0.3 is 14.7 Å². The number of rotatable bonds is 5. The molecule has 8 bridgehead atoms. The van der Waals surface area contributed by atoms with Crippen LogP contribution in [0.2, 0.25) is 0 Å². The Morgan fingerprint density at radius 3 is 1.21 bits per heavy atom. The highest BCUT2D eigenvalue weighted by Crippen LogP contribution is 2.38. The first kappa shape index (κ1) is 31.0. The number of benzene rings is 4. The summed E-state index contributed by atoms with van der Waals surface area (Å²) in [4.78, 5) is 32.3. The van der Waals surface area contributed by atoms with Gasteiger partial charge in [-0.3, -0.25) is 4.79 Å². The maximum Gasteiger partial charge on any atom is 0.246 e. The minimum atomic E-state index is -0.295. The van der Waals surface area contributed by atoms with Gasteiger partial charge in [-0.05, 0) is 58.7 Å². The van der Waals surface area contributed by atoms with Crippen molar-refractivity contribution < 1.29 is 9.53 Å². The highest BCUT2D eigenvalue weighted by atomic mass is 16.5. The van der Waals surface area contributed by atoms with Crippen LogP contribution in [0.15, 0.2) is 151 Å². The number of aromatic nitrogens is 4. The summed E-state index contributed by atoms with van der Waals surface area (Å²) in [6.07, 6.45) is 5.91. The van der Waals surface area contributed by atoms with Crippen LogP contribution in [0.3, 0.4) is 0 Å². The van der Waals surface area contributed by atoms with Crippen molar-refractivity contribution in [1.82, 2.24) is 19.9 Å². The van der Waals surface area contributed by atoms with E-state index in [4.69, 9.17) is 14.7 Å². The molecule has 0 aliphatic carbocycles. The highest BCUT2D eigenvalue weighted by Gasteiger charge is 2.26. The van der Waals surface area contributed by atoms with E-state index < -0.39 is 0 Å². The minimum Gasteiger partial charge on any atom is -0.492 e. The fraction of sp³-hybridized carbons (Fsp3) is 0.0217. The molecule has 52 heavy (non-hydrogen) atoms. The lowest BCUT2D eigenvalue weighted by Gasteiger charge is -2.15. The first-order valence-electron chi connectivity index (χ1n) is 17.2. The van der Waals surface area contributed by atoms with Crippen LogP contribution in [0.1, 0.15) is 27.6 Å². The number of ether oxygens (including phenoxy) is 1. The predicted octanol–water partition coefficient (Wildman–Crippen LogP) is 11.0. The van der Waals surface area contributed by atoms with E-state index >= 15 is 0 Å². The quantitative estimate of drug-likeness (QED) is 0.191. The monoisotopic (exact) mass is 672 g/mol. The lowest BCUT2D eigenvalue weighted by Crippen LogP contribution is -2.14. The predicted molar refractivity (Wildman–Crippen MR) is 211 cm³/mol. The largest absolute Gasteiger partial charge is 0.492 e. The van der Waals surface area contributed by atoms with Crippen LogP contribution in [0, 0.1) is 0 Å². The van der Waals surface area contributed by atoms with Crippen LogP contribution in [-0.2, 0) is 4.74 Å². The van der Waals surface area contributed by atoms with Gasteiger partial charge in [0.25, 0.3) is 0 Å². The summed E-state index contributed by atoms with van der Waals surface area (Å²) >= 11 is 0.